The average molecular weight is 348 g/mol. The van der Waals surface area contributed by atoms with Gasteiger partial charge in [-0.1, -0.05) is 17.3 Å². The highest BCUT2D eigenvalue weighted by Crippen LogP contribution is 2.31. The maximum absolute atomic E-state index is 13.5. The molecular formula is C17H21FN4O3. The van der Waals surface area contributed by atoms with E-state index in [0.29, 0.717) is 18.7 Å². The summed E-state index contributed by atoms with van der Waals surface area (Å²) in [5.74, 6) is -0.792. The minimum Gasteiger partial charge on any atom is -0.481 e. The predicted molar refractivity (Wildman–Crippen MR) is 87.4 cm³/mol. The van der Waals surface area contributed by atoms with Crippen molar-refractivity contribution in [1.82, 2.24) is 19.9 Å². The van der Waals surface area contributed by atoms with Crippen LogP contribution in [0.15, 0.2) is 30.5 Å². The second kappa shape index (κ2) is 6.79. The number of aliphatic hydroxyl groups is 1. The standard InChI is InChI=1S/C17H21FN4O3/c1-12(2)22-9-15(19-20-22)17(24)7-8-21(11-17)16(23)10-25-14-6-4-3-5-13(14)18/h3-6,9,12,24H,7-8,10-11H2,1-2H3/t17-/m0/s1. The highest BCUT2D eigenvalue weighted by atomic mass is 19.1. The minimum atomic E-state index is -1.22. The molecule has 1 N–H and O–H groups in total. The molecule has 25 heavy (non-hydrogen) atoms. The van der Waals surface area contributed by atoms with Gasteiger partial charge in [-0.25, -0.2) is 9.07 Å². The molecule has 3 rings (SSSR count). The summed E-state index contributed by atoms with van der Waals surface area (Å²) in [7, 11) is 0. The van der Waals surface area contributed by atoms with Crippen molar-refractivity contribution in [3.8, 4) is 5.75 Å². The molecule has 2 heterocycles. The van der Waals surface area contributed by atoms with Crippen LogP contribution in [0.3, 0.4) is 0 Å². The fourth-order valence-electron chi connectivity index (χ4n) is 2.75. The third-order valence-corrected chi connectivity index (χ3v) is 4.30. The molecule has 0 unspecified atom stereocenters. The van der Waals surface area contributed by atoms with Crippen molar-refractivity contribution < 1.29 is 19.0 Å². The van der Waals surface area contributed by atoms with Crippen LogP contribution in [0.25, 0.3) is 0 Å². The van der Waals surface area contributed by atoms with E-state index in [1.807, 2.05) is 13.8 Å². The molecule has 0 spiro atoms. The van der Waals surface area contributed by atoms with E-state index in [2.05, 4.69) is 10.3 Å². The van der Waals surface area contributed by atoms with E-state index in [0.717, 1.165) is 0 Å². The molecular weight excluding hydrogens is 327 g/mol. The van der Waals surface area contributed by atoms with Gasteiger partial charge in [-0.2, -0.15) is 0 Å². The largest absolute Gasteiger partial charge is 0.481 e. The lowest BCUT2D eigenvalue weighted by Gasteiger charge is -2.21. The van der Waals surface area contributed by atoms with Crippen LogP contribution < -0.4 is 4.74 Å². The number of rotatable bonds is 5. The molecule has 0 aliphatic carbocycles. The zero-order valence-corrected chi connectivity index (χ0v) is 14.2. The summed E-state index contributed by atoms with van der Waals surface area (Å²) in [6.07, 6.45) is 2.07. The van der Waals surface area contributed by atoms with Crippen molar-refractivity contribution in [3.05, 3.63) is 42.0 Å². The number of benzene rings is 1. The van der Waals surface area contributed by atoms with Crippen molar-refractivity contribution in [2.24, 2.45) is 0 Å². The molecule has 1 aliphatic rings. The number of ether oxygens (including phenoxy) is 1. The number of aromatic nitrogens is 3. The van der Waals surface area contributed by atoms with Crippen molar-refractivity contribution in [3.63, 3.8) is 0 Å². The van der Waals surface area contributed by atoms with Crippen LogP contribution >= 0.6 is 0 Å². The first-order valence-electron chi connectivity index (χ1n) is 8.19. The molecule has 1 atom stereocenters. The Balaban J connectivity index is 1.61. The van der Waals surface area contributed by atoms with Gasteiger partial charge in [-0.15, -0.1) is 5.10 Å². The summed E-state index contributed by atoms with van der Waals surface area (Å²) >= 11 is 0. The Morgan fingerprint density at radius 1 is 1.44 bits per heavy atom. The van der Waals surface area contributed by atoms with Gasteiger partial charge >= 0.3 is 0 Å². The van der Waals surface area contributed by atoms with Crippen LogP contribution in [-0.2, 0) is 10.4 Å². The van der Waals surface area contributed by atoms with Gasteiger partial charge in [0.15, 0.2) is 18.2 Å². The number of carbonyl (C=O) groups excluding carboxylic acids is 1. The van der Waals surface area contributed by atoms with Gasteiger partial charge in [-0.05, 0) is 26.0 Å². The van der Waals surface area contributed by atoms with Crippen LogP contribution in [0.5, 0.6) is 5.75 Å². The van der Waals surface area contributed by atoms with E-state index in [9.17, 15) is 14.3 Å². The van der Waals surface area contributed by atoms with E-state index in [1.165, 1.54) is 17.0 Å². The summed E-state index contributed by atoms with van der Waals surface area (Å²) in [4.78, 5) is 13.8. The van der Waals surface area contributed by atoms with E-state index in [1.54, 1.807) is 23.0 Å². The molecule has 1 aromatic heterocycles. The number of β-amino-alcohol motifs (C(OH)–C–C–N with tert-alkyl or cyclic N) is 1. The van der Waals surface area contributed by atoms with Crippen LogP contribution in [0.4, 0.5) is 4.39 Å². The molecule has 1 aliphatic heterocycles. The first-order valence-corrected chi connectivity index (χ1v) is 8.19. The summed E-state index contributed by atoms with van der Waals surface area (Å²) in [5, 5.41) is 18.8. The number of nitrogens with zero attached hydrogens (tertiary/aromatic N) is 4. The normalized spacial score (nSPS) is 20.3. The van der Waals surface area contributed by atoms with Gasteiger partial charge in [-0.3, -0.25) is 4.79 Å². The number of hydrogen-bond donors (Lipinski definition) is 1. The zero-order valence-electron chi connectivity index (χ0n) is 14.2. The number of para-hydroxylation sites is 1. The van der Waals surface area contributed by atoms with Crippen LogP contribution in [0.1, 0.15) is 32.0 Å². The highest BCUT2D eigenvalue weighted by molar-refractivity contribution is 5.78. The van der Waals surface area contributed by atoms with Gasteiger partial charge in [0.1, 0.15) is 11.3 Å². The summed E-state index contributed by atoms with van der Waals surface area (Å²) in [5.41, 5.74) is -0.771. The maximum Gasteiger partial charge on any atom is 0.260 e. The monoisotopic (exact) mass is 348 g/mol. The highest BCUT2D eigenvalue weighted by Gasteiger charge is 2.42. The van der Waals surface area contributed by atoms with Gasteiger partial charge < -0.3 is 14.7 Å². The maximum atomic E-state index is 13.5. The Kier molecular flexibility index (Phi) is 4.71. The summed E-state index contributed by atoms with van der Waals surface area (Å²) in [6.45, 7) is 4.14. The first-order chi connectivity index (χ1) is 11.9. The van der Waals surface area contributed by atoms with Crippen LogP contribution in [0.2, 0.25) is 0 Å². The number of likely N-dealkylation sites (tertiary alicyclic amines) is 1. The fraction of sp³-hybridized carbons (Fsp3) is 0.471. The smallest absolute Gasteiger partial charge is 0.260 e. The fourth-order valence-corrected chi connectivity index (χ4v) is 2.75. The van der Waals surface area contributed by atoms with E-state index >= 15 is 0 Å². The predicted octanol–water partition coefficient (Wildman–Crippen LogP) is 1.50. The van der Waals surface area contributed by atoms with E-state index < -0.39 is 11.4 Å². The third kappa shape index (κ3) is 3.63. The van der Waals surface area contributed by atoms with E-state index in [4.69, 9.17) is 4.74 Å². The van der Waals surface area contributed by atoms with Gasteiger partial charge in [0.2, 0.25) is 0 Å². The Morgan fingerprint density at radius 2 is 2.20 bits per heavy atom. The Bertz CT molecular complexity index is 764. The lowest BCUT2D eigenvalue weighted by molar-refractivity contribution is -0.133. The molecule has 8 heteroatoms. The zero-order chi connectivity index (χ0) is 18.0. The SMILES string of the molecule is CC(C)n1cc([C@]2(O)CCN(C(=O)COc3ccccc3F)C2)nn1. The Hall–Kier alpha value is -2.48. The Morgan fingerprint density at radius 3 is 2.88 bits per heavy atom. The third-order valence-electron chi connectivity index (χ3n) is 4.30. The lowest BCUT2D eigenvalue weighted by Crippen LogP contribution is -2.37. The topological polar surface area (TPSA) is 80.5 Å². The second-order valence-electron chi connectivity index (χ2n) is 6.49. The number of carbonyl (C=O) groups is 1. The van der Waals surface area contributed by atoms with Crippen molar-refractivity contribution in [1.29, 1.82) is 0 Å². The molecule has 134 valence electrons. The summed E-state index contributed by atoms with van der Waals surface area (Å²) in [6, 6.07) is 6.06. The number of amides is 1. The van der Waals surface area contributed by atoms with Crippen LogP contribution in [0, 0.1) is 5.82 Å². The molecule has 1 amide bonds. The second-order valence-corrected chi connectivity index (χ2v) is 6.49. The minimum absolute atomic E-state index is 0.0326. The molecule has 1 saturated heterocycles. The molecule has 1 aromatic carbocycles. The number of hydrogen-bond acceptors (Lipinski definition) is 5. The Labute approximate surface area is 145 Å². The first kappa shape index (κ1) is 17.3. The molecule has 2 aromatic rings. The van der Waals surface area contributed by atoms with Crippen molar-refractivity contribution in [2.45, 2.75) is 31.9 Å². The van der Waals surface area contributed by atoms with Crippen molar-refractivity contribution in [2.75, 3.05) is 19.7 Å². The van der Waals surface area contributed by atoms with Gasteiger partial charge in [0.25, 0.3) is 5.91 Å². The van der Waals surface area contributed by atoms with Crippen molar-refractivity contribution >= 4 is 5.91 Å². The quantitative estimate of drug-likeness (QED) is 0.886. The molecule has 7 nitrogen and oxygen atoms in total. The van der Waals surface area contributed by atoms with Gasteiger partial charge in [0, 0.05) is 19.0 Å². The lowest BCUT2D eigenvalue weighted by atomic mass is 10.00. The molecule has 1 fully saturated rings. The molecule has 0 saturated carbocycles. The molecule has 0 radical (unpaired) electrons. The van der Waals surface area contributed by atoms with Crippen LogP contribution in [-0.4, -0.2) is 50.6 Å². The van der Waals surface area contributed by atoms with E-state index in [-0.39, 0.29) is 30.9 Å². The summed E-state index contributed by atoms with van der Waals surface area (Å²) < 4.78 is 20.4. The number of halogens is 1. The molecule has 0 bridgehead atoms. The van der Waals surface area contributed by atoms with Gasteiger partial charge in [0.05, 0.1) is 12.7 Å². The average Bonchev–Trinajstić information content (AvgIpc) is 3.22.